The number of rotatable bonds is 4. The number of hydrogen-bond donors (Lipinski definition) is 0. The first kappa shape index (κ1) is 17.8. The van der Waals surface area contributed by atoms with E-state index in [1.807, 2.05) is 42.5 Å². The molecule has 0 saturated heterocycles. The van der Waals surface area contributed by atoms with Gasteiger partial charge in [-0.1, -0.05) is 41.4 Å². The molecule has 1 aliphatic rings. The Kier molecular flexibility index (Phi) is 5.36. The van der Waals surface area contributed by atoms with Gasteiger partial charge in [0.05, 0.1) is 19.8 Å². The summed E-state index contributed by atoms with van der Waals surface area (Å²) in [6.07, 6.45) is 1.41. The molecule has 0 spiro atoms. The number of fused-ring (bicyclic) bond motifs is 1. The molecule has 25 heavy (non-hydrogen) atoms. The van der Waals surface area contributed by atoms with E-state index in [-0.39, 0.29) is 11.9 Å². The Hall–Kier alpha value is -1.97. The van der Waals surface area contributed by atoms with E-state index < -0.39 is 0 Å². The van der Waals surface area contributed by atoms with Crippen molar-refractivity contribution in [2.75, 3.05) is 14.2 Å². The zero-order valence-electron chi connectivity index (χ0n) is 14.0. The number of hydrogen-bond acceptors (Lipinski definition) is 3. The van der Waals surface area contributed by atoms with E-state index in [0.29, 0.717) is 34.2 Å². The van der Waals surface area contributed by atoms with Gasteiger partial charge in [-0.15, -0.1) is 0 Å². The first-order valence-electron chi connectivity index (χ1n) is 7.93. The van der Waals surface area contributed by atoms with E-state index in [9.17, 15) is 4.79 Å². The number of ether oxygens (including phenoxy) is 2. The molecule has 1 unspecified atom stereocenters. The minimum absolute atomic E-state index is 0.0442. The van der Waals surface area contributed by atoms with Gasteiger partial charge in [-0.05, 0) is 48.2 Å². The lowest BCUT2D eigenvalue weighted by Gasteiger charge is -2.28. The van der Waals surface area contributed by atoms with E-state index >= 15 is 0 Å². The summed E-state index contributed by atoms with van der Waals surface area (Å²) in [7, 11) is 2.95. The Morgan fingerprint density at radius 1 is 1.08 bits per heavy atom. The highest BCUT2D eigenvalue weighted by atomic mass is 35.5. The molecule has 0 N–H and O–H groups in total. The van der Waals surface area contributed by atoms with Crippen LogP contribution in [-0.2, 0) is 27.1 Å². The largest absolute Gasteiger partial charge is 0.496 e. The molecule has 3 rings (SSSR count). The first-order chi connectivity index (χ1) is 12.0. The van der Waals surface area contributed by atoms with Crippen LogP contribution >= 0.6 is 23.2 Å². The van der Waals surface area contributed by atoms with Crippen LogP contribution in [-0.4, -0.2) is 20.2 Å². The van der Waals surface area contributed by atoms with Gasteiger partial charge in [-0.3, -0.25) is 0 Å². The van der Waals surface area contributed by atoms with Crippen molar-refractivity contribution in [2.24, 2.45) is 5.92 Å². The summed E-state index contributed by atoms with van der Waals surface area (Å²) >= 11 is 12.1. The molecular formula is C20H18Cl2O3. The van der Waals surface area contributed by atoms with Crippen molar-refractivity contribution in [3.8, 4) is 0 Å². The third-order valence-electron chi connectivity index (χ3n) is 4.44. The van der Waals surface area contributed by atoms with Gasteiger partial charge in [-0.2, -0.15) is 0 Å². The SMILES string of the molecule is COC(=O)C1=C(OC)c2cc(Cl)ccc2CC1Cc1ccc(Cl)cc1. The summed E-state index contributed by atoms with van der Waals surface area (Å²) < 4.78 is 10.6. The van der Waals surface area contributed by atoms with Gasteiger partial charge in [0.15, 0.2) is 0 Å². The van der Waals surface area contributed by atoms with Crippen LogP contribution < -0.4 is 0 Å². The fourth-order valence-corrected chi connectivity index (χ4v) is 3.60. The number of benzene rings is 2. The number of carbonyl (C=O) groups excluding carboxylic acids is 1. The van der Waals surface area contributed by atoms with Crippen LogP contribution in [0.2, 0.25) is 10.0 Å². The molecule has 2 aromatic carbocycles. The molecule has 0 radical (unpaired) electrons. The minimum Gasteiger partial charge on any atom is -0.496 e. The molecule has 0 bridgehead atoms. The third kappa shape index (κ3) is 3.68. The number of methoxy groups -OCH3 is 2. The van der Waals surface area contributed by atoms with E-state index in [2.05, 4.69) is 0 Å². The van der Waals surface area contributed by atoms with Gasteiger partial charge < -0.3 is 9.47 Å². The normalized spacial score (nSPS) is 16.4. The molecule has 0 aliphatic heterocycles. The van der Waals surface area contributed by atoms with Crippen LogP contribution in [0.5, 0.6) is 0 Å². The second-order valence-electron chi connectivity index (χ2n) is 5.97. The second-order valence-corrected chi connectivity index (χ2v) is 6.84. The van der Waals surface area contributed by atoms with E-state index in [1.165, 1.54) is 7.11 Å². The third-order valence-corrected chi connectivity index (χ3v) is 4.93. The Bertz CT molecular complexity index is 825. The molecule has 130 valence electrons. The smallest absolute Gasteiger partial charge is 0.337 e. The second kappa shape index (κ2) is 7.51. The predicted octanol–water partition coefficient (Wildman–Crippen LogP) is 4.94. The van der Waals surface area contributed by atoms with Crippen LogP contribution in [0.25, 0.3) is 5.76 Å². The highest BCUT2D eigenvalue weighted by Gasteiger charge is 2.33. The molecule has 5 heteroatoms. The molecular weight excluding hydrogens is 359 g/mol. The maximum Gasteiger partial charge on any atom is 0.337 e. The predicted molar refractivity (Wildman–Crippen MR) is 99.7 cm³/mol. The van der Waals surface area contributed by atoms with E-state index in [1.54, 1.807) is 7.11 Å². The Balaban J connectivity index is 2.07. The lowest BCUT2D eigenvalue weighted by Crippen LogP contribution is -2.25. The summed E-state index contributed by atoms with van der Waals surface area (Å²) in [5, 5.41) is 1.29. The van der Waals surface area contributed by atoms with Crippen molar-refractivity contribution in [3.63, 3.8) is 0 Å². The molecule has 0 amide bonds. The van der Waals surface area contributed by atoms with Gasteiger partial charge in [0.25, 0.3) is 0 Å². The fourth-order valence-electron chi connectivity index (χ4n) is 3.30. The Morgan fingerprint density at radius 2 is 1.76 bits per heavy atom. The lowest BCUT2D eigenvalue weighted by atomic mass is 9.79. The molecule has 1 aliphatic carbocycles. The van der Waals surface area contributed by atoms with E-state index in [0.717, 1.165) is 16.7 Å². The van der Waals surface area contributed by atoms with Crippen molar-refractivity contribution in [1.29, 1.82) is 0 Å². The highest BCUT2D eigenvalue weighted by molar-refractivity contribution is 6.31. The standard InChI is InChI=1S/C20H18Cl2O3/c1-24-19-17-11-16(22)8-5-13(17)10-14(18(19)20(23)25-2)9-12-3-6-15(21)7-4-12/h3-8,11,14H,9-10H2,1-2H3. The molecule has 0 saturated carbocycles. The summed E-state index contributed by atoms with van der Waals surface area (Å²) in [5.41, 5.74) is 3.61. The van der Waals surface area contributed by atoms with Gasteiger partial charge in [0.1, 0.15) is 5.76 Å². The summed E-state index contributed by atoms with van der Waals surface area (Å²) in [5.74, 6) is 0.119. The molecule has 3 nitrogen and oxygen atoms in total. The Labute approximate surface area is 157 Å². The zero-order valence-corrected chi connectivity index (χ0v) is 15.5. The van der Waals surface area contributed by atoms with Crippen molar-refractivity contribution in [1.82, 2.24) is 0 Å². The maximum absolute atomic E-state index is 12.5. The molecule has 0 fully saturated rings. The van der Waals surface area contributed by atoms with Gasteiger partial charge in [-0.25, -0.2) is 4.79 Å². The Morgan fingerprint density at radius 3 is 2.40 bits per heavy atom. The monoisotopic (exact) mass is 376 g/mol. The van der Waals surface area contributed by atoms with Crippen molar-refractivity contribution >= 4 is 34.9 Å². The van der Waals surface area contributed by atoms with Gasteiger partial charge in [0, 0.05) is 21.5 Å². The minimum atomic E-state index is -0.374. The summed E-state index contributed by atoms with van der Waals surface area (Å²) in [6, 6.07) is 13.3. The first-order valence-corrected chi connectivity index (χ1v) is 8.68. The molecule has 0 heterocycles. The summed E-state index contributed by atoms with van der Waals surface area (Å²) in [6.45, 7) is 0. The van der Waals surface area contributed by atoms with Gasteiger partial charge in [0.2, 0.25) is 0 Å². The van der Waals surface area contributed by atoms with Gasteiger partial charge >= 0.3 is 5.97 Å². The van der Waals surface area contributed by atoms with Crippen LogP contribution in [0.3, 0.4) is 0 Å². The van der Waals surface area contributed by atoms with Crippen LogP contribution in [0.1, 0.15) is 16.7 Å². The topological polar surface area (TPSA) is 35.5 Å². The fraction of sp³-hybridized carbons (Fsp3) is 0.250. The van der Waals surface area contributed by atoms with Crippen molar-refractivity contribution < 1.29 is 14.3 Å². The zero-order chi connectivity index (χ0) is 18.0. The number of carbonyl (C=O) groups is 1. The van der Waals surface area contributed by atoms with Crippen molar-refractivity contribution in [3.05, 3.63) is 74.8 Å². The maximum atomic E-state index is 12.5. The van der Waals surface area contributed by atoms with Crippen LogP contribution in [0.15, 0.2) is 48.0 Å². The quantitative estimate of drug-likeness (QED) is 0.708. The van der Waals surface area contributed by atoms with Crippen LogP contribution in [0, 0.1) is 5.92 Å². The molecule has 1 atom stereocenters. The lowest BCUT2D eigenvalue weighted by molar-refractivity contribution is -0.136. The van der Waals surface area contributed by atoms with Crippen LogP contribution in [0.4, 0.5) is 0 Å². The van der Waals surface area contributed by atoms with E-state index in [4.69, 9.17) is 32.7 Å². The molecule has 2 aromatic rings. The van der Waals surface area contributed by atoms with Crippen molar-refractivity contribution in [2.45, 2.75) is 12.8 Å². The average Bonchev–Trinajstić information content (AvgIpc) is 2.62. The highest BCUT2D eigenvalue weighted by Crippen LogP contribution is 2.38. The summed E-state index contributed by atoms with van der Waals surface area (Å²) in [4.78, 5) is 12.5. The number of halogens is 2. The average molecular weight is 377 g/mol. The number of esters is 1. The molecule has 0 aromatic heterocycles.